The second-order valence-electron chi connectivity index (χ2n) is 23.8. The number of ether oxygens (including phenoxy) is 4. The molecule has 22 heteroatoms. The summed E-state index contributed by atoms with van der Waals surface area (Å²) in [6.45, 7) is 14.5. The van der Waals surface area contributed by atoms with Gasteiger partial charge in [0.1, 0.15) is 12.4 Å². The molecule has 1 saturated heterocycles. The van der Waals surface area contributed by atoms with Gasteiger partial charge in [0.15, 0.2) is 5.78 Å². The van der Waals surface area contributed by atoms with Gasteiger partial charge >= 0.3 is 12.2 Å². The fourth-order valence-electron chi connectivity index (χ4n) is 11.9. The van der Waals surface area contributed by atoms with Crippen LogP contribution in [0.4, 0.5) is 9.59 Å². The molecule has 2 aliphatic heterocycles. The van der Waals surface area contributed by atoms with Gasteiger partial charge in [0.05, 0.1) is 66.4 Å². The smallest absolute Gasteiger partial charge is 0.412 e. The third-order valence-corrected chi connectivity index (χ3v) is 17.1. The van der Waals surface area contributed by atoms with Crippen molar-refractivity contribution in [2.24, 2.45) is 35.3 Å². The van der Waals surface area contributed by atoms with Gasteiger partial charge in [0, 0.05) is 78.5 Å². The van der Waals surface area contributed by atoms with E-state index in [1.807, 2.05) is 58.0 Å². The van der Waals surface area contributed by atoms with Crippen molar-refractivity contribution in [2.75, 3.05) is 47.9 Å². The molecule has 1 aliphatic carbocycles. The number of nitrogens with zero attached hydrogens (tertiary/aromatic N) is 4. The number of carbonyl (C=O) groups is 9. The lowest BCUT2D eigenvalue weighted by Crippen LogP contribution is -2.55. The number of rotatable bonds is 29. The number of nitrogens with one attached hydrogen (secondary N) is 3. The van der Waals surface area contributed by atoms with E-state index >= 15 is 0 Å². The summed E-state index contributed by atoms with van der Waals surface area (Å²) in [4.78, 5) is 128. The molecule has 1 unspecified atom stereocenters. The maximum atomic E-state index is 14.9. The standard InChI is InChI=1S/C64H94N8O14/c1-13-40(6)57(52(83-11)36-55(76)71-32-21-26-49(71)59(84-12)41(7)60(78)67-42(8)58(77)44-22-17-16-18-23-44)69(9)62(80)45(38(2)3)35-50(73)56(39(4)5)70(10)64(82)85-37-43-27-28-51(86-63(81)68-48-25-20-15-14-19-24-47(48)65)46(34-43)61(79)66-31-33-72-53(74)29-30-54(72)75/h16-19,22-24,27-30,34,38-42,45,47-49,52,56-59,77H,13-15,20-21,25-26,31-33,35-37,65H2,1-12H3,(H,66,79)(H,67,78)(H,68,81)/b24-19+/t40-,41+,42+,45-,47-,48?,49-,52+,56-,57-,58+,59+/m0/s1. The Hall–Kier alpha value is -7.01. The van der Waals surface area contributed by atoms with E-state index in [9.17, 15) is 48.3 Å². The Morgan fingerprint density at radius 1 is 0.837 bits per heavy atom. The summed E-state index contributed by atoms with van der Waals surface area (Å²) in [6, 6.07) is 9.79. The number of likely N-dealkylation sites (N-methyl/N-ethyl adjacent to an activating group) is 2. The van der Waals surface area contributed by atoms with E-state index in [4.69, 9.17) is 24.7 Å². The molecule has 5 rings (SSSR count). The predicted octanol–water partition coefficient (Wildman–Crippen LogP) is 6.24. The van der Waals surface area contributed by atoms with E-state index in [1.54, 1.807) is 56.7 Å². The Labute approximate surface area is 507 Å². The normalized spacial score (nSPS) is 20.5. The van der Waals surface area contributed by atoms with Crippen molar-refractivity contribution < 1.29 is 67.2 Å². The van der Waals surface area contributed by atoms with Crippen LogP contribution in [0.5, 0.6) is 5.75 Å². The number of carbonyl (C=O) groups excluding carboxylic acids is 9. The molecule has 6 N–H and O–H groups in total. The Morgan fingerprint density at radius 2 is 1.52 bits per heavy atom. The van der Waals surface area contributed by atoms with E-state index in [2.05, 4.69) is 16.0 Å². The topological polar surface area (TPSA) is 286 Å². The molecule has 0 aromatic heterocycles. The molecule has 2 heterocycles. The highest BCUT2D eigenvalue weighted by atomic mass is 16.6. The third-order valence-electron chi connectivity index (χ3n) is 17.1. The summed E-state index contributed by atoms with van der Waals surface area (Å²) in [5, 5.41) is 19.4. The van der Waals surface area contributed by atoms with Crippen molar-refractivity contribution in [3.8, 4) is 5.75 Å². The predicted molar refractivity (Wildman–Crippen MR) is 323 cm³/mol. The molecular formula is C64H94N8O14. The van der Waals surface area contributed by atoms with Crippen LogP contribution in [-0.2, 0) is 49.6 Å². The number of aliphatic hydroxyl groups excluding tert-OH is 1. The zero-order valence-electron chi connectivity index (χ0n) is 52.3. The molecule has 474 valence electrons. The number of benzene rings is 2. The number of hydrogen-bond acceptors (Lipinski definition) is 15. The summed E-state index contributed by atoms with van der Waals surface area (Å²) < 4.78 is 23.5. The van der Waals surface area contributed by atoms with Crippen LogP contribution in [0.3, 0.4) is 0 Å². The average Bonchev–Trinajstić information content (AvgIpc) is 4.15. The first kappa shape index (κ1) is 69.8. The lowest BCUT2D eigenvalue weighted by molar-refractivity contribution is -0.149. The van der Waals surface area contributed by atoms with E-state index in [1.165, 1.54) is 44.4 Å². The fourth-order valence-corrected chi connectivity index (χ4v) is 11.9. The first-order valence-electron chi connectivity index (χ1n) is 30.3. The fraction of sp³-hybridized carbons (Fsp3) is 0.609. The summed E-state index contributed by atoms with van der Waals surface area (Å²) in [7, 11) is 6.13. The van der Waals surface area contributed by atoms with Crippen LogP contribution in [0.25, 0.3) is 0 Å². The van der Waals surface area contributed by atoms with Gasteiger partial charge in [-0.2, -0.15) is 0 Å². The number of Topliss-reactive ketones (excluding diaryl/α,β-unsaturated/α-hetero) is 1. The van der Waals surface area contributed by atoms with E-state index < -0.39 is 102 Å². The molecule has 0 bridgehead atoms. The number of allylic oxidation sites excluding steroid dienone is 1. The number of imide groups is 1. The van der Waals surface area contributed by atoms with Crippen molar-refractivity contribution >= 4 is 53.4 Å². The van der Waals surface area contributed by atoms with Crippen molar-refractivity contribution in [3.63, 3.8) is 0 Å². The molecule has 2 aromatic rings. The minimum atomic E-state index is -1.03. The zero-order chi connectivity index (χ0) is 63.5. The van der Waals surface area contributed by atoms with Crippen LogP contribution >= 0.6 is 0 Å². The quantitative estimate of drug-likeness (QED) is 0.0445. The average molecular weight is 1200 g/mol. The summed E-state index contributed by atoms with van der Waals surface area (Å²) in [5.41, 5.74) is 7.20. The van der Waals surface area contributed by atoms with Gasteiger partial charge in [-0.15, -0.1) is 0 Å². The van der Waals surface area contributed by atoms with Gasteiger partial charge in [-0.3, -0.25) is 38.5 Å². The minimum Gasteiger partial charge on any atom is -0.445 e. The van der Waals surface area contributed by atoms with Crippen LogP contribution < -0.4 is 26.4 Å². The molecule has 22 nitrogen and oxygen atoms in total. The van der Waals surface area contributed by atoms with Crippen molar-refractivity contribution in [2.45, 2.75) is 174 Å². The van der Waals surface area contributed by atoms with Crippen molar-refractivity contribution in [1.82, 2.24) is 35.6 Å². The van der Waals surface area contributed by atoms with Crippen LogP contribution in [-0.4, -0.2) is 175 Å². The minimum absolute atomic E-state index is 0.0778. The number of likely N-dealkylation sites (tertiary alicyclic amines) is 1. The zero-order valence-corrected chi connectivity index (χ0v) is 52.3. The van der Waals surface area contributed by atoms with Crippen LogP contribution in [0, 0.1) is 29.6 Å². The molecule has 2 aromatic carbocycles. The number of ketones is 1. The highest BCUT2D eigenvalue weighted by Gasteiger charge is 2.44. The summed E-state index contributed by atoms with van der Waals surface area (Å²) in [5.74, 6) is -5.56. The number of hydrogen-bond donors (Lipinski definition) is 5. The first-order chi connectivity index (χ1) is 40.8. The molecule has 0 spiro atoms. The van der Waals surface area contributed by atoms with Crippen molar-refractivity contribution in [3.05, 3.63) is 89.5 Å². The Kier molecular flexibility index (Phi) is 26.9. The van der Waals surface area contributed by atoms with Gasteiger partial charge < -0.3 is 60.4 Å². The Morgan fingerprint density at radius 3 is 2.15 bits per heavy atom. The molecular weight excluding hydrogens is 1100 g/mol. The molecule has 1 fully saturated rings. The second kappa shape index (κ2) is 33.2. The molecule has 86 heavy (non-hydrogen) atoms. The lowest BCUT2D eigenvalue weighted by Gasteiger charge is -2.41. The summed E-state index contributed by atoms with van der Waals surface area (Å²) in [6.07, 6.45) is 6.87. The van der Waals surface area contributed by atoms with E-state index in [0.717, 1.165) is 36.3 Å². The van der Waals surface area contributed by atoms with Gasteiger partial charge in [-0.05, 0) is 80.0 Å². The molecule has 0 radical (unpaired) electrons. The highest BCUT2D eigenvalue weighted by Crippen LogP contribution is 2.32. The maximum absolute atomic E-state index is 14.9. The molecule has 8 amide bonds. The number of amides is 8. The van der Waals surface area contributed by atoms with Gasteiger partial charge in [-0.25, -0.2) is 9.59 Å². The largest absolute Gasteiger partial charge is 0.445 e. The van der Waals surface area contributed by atoms with Crippen LogP contribution in [0.2, 0.25) is 0 Å². The molecule has 0 saturated carbocycles. The monoisotopic (exact) mass is 1200 g/mol. The number of methoxy groups -OCH3 is 2. The SMILES string of the molecule is CC[C@H](C)[C@@H]([C@@H](CC(=O)N1CCC[C@H]1[C@H](OC)[C@@H](C)C(=O)N[C@H](C)[C@@H](O)c1ccccc1)OC)N(C)C(=O)[C@@H](CC(=O)[C@H](C(C)C)N(C)C(=O)OCc1ccc(OC(=O)NC2CCCC/C=C/[C@@H]2N)c(C(=O)NCCN2C(=O)C=CC2=O)c1)C(C)C. The van der Waals surface area contributed by atoms with Gasteiger partial charge in [0.25, 0.3) is 17.7 Å². The maximum Gasteiger partial charge on any atom is 0.412 e. The second-order valence-corrected chi connectivity index (χ2v) is 23.8. The first-order valence-corrected chi connectivity index (χ1v) is 30.3. The van der Waals surface area contributed by atoms with Crippen LogP contribution in [0.1, 0.15) is 141 Å². The van der Waals surface area contributed by atoms with Crippen molar-refractivity contribution in [1.29, 1.82) is 0 Å². The molecule has 12 atom stereocenters. The Balaban J connectivity index is 1.26. The summed E-state index contributed by atoms with van der Waals surface area (Å²) >= 11 is 0. The lowest BCUT2D eigenvalue weighted by atomic mass is 9.83. The number of aliphatic hydroxyl groups is 1. The van der Waals surface area contributed by atoms with E-state index in [0.29, 0.717) is 43.4 Å². The van der Waals surface area contributed by atoms with E-state index in [-0.39, 0.29) is 79.2 Å². The van der Waals surface area contributed by atoms with Gasteiger partial charge in [-0.1, -0.05) is 110 Å². The number of nitrogens with two attached hydrogens (primary N) is 1. The van der Waals surface area contributed by atoms with Crippen LogP contribution in [0.15, 0.2) is 72.8 Å². The van der Waals surface area contributed by atoms with Gasteiger partial charge in [0.2, 0.25) is 17.7 Å². The Bertz CT molecular complexity index is 2700. The third kappa shape index (κ3) is 18.5. The highest BCUT2D eigenvalue weighted by molar-refractivity contribution is 6.13. The molecule has 3 aliphatic rings.